The summed E-state index contributed by atoms with van der Waals surface area (Å²) in [5, 5.41) is 3.12. The van der Waals surface area contributed by atoms with Gasteiger partial charge in [0.05, 0.1) is 13.2 Å². The second-order valence-electron chi connectivity index (χ2n) is 8.40. The standard InChI is InChI=1S/C25H30N2O3/c1-2-7-23(28)27-14-15-30-25(18-27,24(29)26-22-12-13-22)17-19-8-6-11-21(16-19)20-9-4-3-5-10-20/h3-6,8-11,16,22H,2,7,12-15,17-18H2,1H3,(H,26,29)/t25-/m1/s1. The number of ether oxygens (including phenoxy) is 1. The first kappa shape index (κ1) is 20.6. The Kier molecular flexibility index (Phi) is 6.18. The molecule has 1 saturated carbocycles. The fourth-order valence-corrected chi connectivity index (χ4v) is 4.06. The average molecular weight is 407 g/mol. The number of amides is 2. The molecule has 0 radical (unpaired) electrons. The molecule has 0 unspecified atom stereocenters. The summed E-state index contributed by atoms with van der Waals surface area (Å²) in [4.78, 5) is 27.7. The smallest absolute Gasteiger partial charge is 0.254 e. The van der Waals surface area contributed by atoms with Gasteiger partial charge in [-0.1, -0.05) is 61.5 Å². The molecular weight excluding hydrogens is 376 g/mol. The summed E-state index contributed by atoms with van der Waals surface area (Å²) in [6, 6.07) is 18.7. The predicted octanol–water partition coefficient (Wildman–Crippen LogP) is 3.57. The lowest BCUT2D eigenvalue weighted by Crippen LogP contribution is -2.62. The summed E-state index contributed by atoms with van der Waals surface area (Å²) >= 11 is 0. The number of nitrogens with zero attached hydrogens (tertiary/aromatic N) is 1. The fraction of sp³-hybridized carbons (Fsp3) is 0.440. The van der Waals surface area contributed by atoms with Crippen molar-refractivity contribution in [2.24, 2.45) is 0 Å². The van der Waals surface area contributed by atoms with E-state index in [2.05, 4.69) is 29.6 Å². The molecule has 1 saturated heterocycles. The highest BCUT2D eigenvalue weighted by atomic mass is 16.5. The summed E-state index contributed by atoms with van der Waals surface area (Å²) < 4.78 is 6.16. The van der Waals surface area contributed by atoms with Gasteiger partial charge in [-0.25, -0.2) is 0 Å². The van der Waals surface area contributed by atoms with Gasteiger partial charge in [0.25, 0.3) is 5.91 Å². The Bertz CT molecular complexity index is 894. The van der Waals surface area contributed by atoms with Crippen molar-refractivity contribution in [1.29, 1.82) is 0 Å². The maximum Gasteiger partial charge on any atom is 0.254 e. The predicted molar refractivity (Wildman–Crippen MR) is 117 cm³/mol. The maximum atomic E-state index is 13.3. The molecule has 0 aromatic heterocycles. The molecule has 1 N–H and O–H groups in total. The lowest BCUT2D eigenvalue weighted by molar-refractivity contribution is -0.166. The van der Waals surface area contributed by atoms with Crippen LogP contribution in [0.4, 0.5) is 0 Å². The van der Waals surface area contributed by atoms with Crippen molar-refractivity contribution in [2.75, 3.05) is 19.7 Å². The minimum Gasteiger partial charge on any atom is -0.361 e. The van der Waals surface area contributed by atoms with Crippen LogP contribution in [0.1, 0.15) is 38.2 Å². The van der Waals surface area contributed by atoms with Gasteiger partial charge in [-0.05, 0) is 36.0 Å². The summed E-state index contributed by atoms with van der Waals surface area (Å²) in [6.45, 7) is 3.23. The van der Waals surface area contributed by atoms with Gasteiger partial charge in [-0.3, -0.25) is 9.59 Å². The van der Waals surface area contributed by atoms with Gasteiger partial charge < -0.3 is 15.0 Å². The Labute approximate surface area is 178 Å². The van der Waals surface area contributed by atoms with E-state index in [1.165, 1.54) is 0 Å². The van der Waals surface area contributed by atoms with Gasteiger partial charge in [-0.15, -0.1) is 0 Å². The van der Waals surface area contributed by atoms with Gasteiger partial charge >= 0.3 is 0 Å². The van der Waals surface area contributed by atoms with Crippen molar-refractivity contribution < 1.29 is 14.3 Å². The van der Waals surface area contributed by atoms with Crippen LogP contribution >= 0.6 is 0 Å². The molecule has 2 aromatic rings. The van der Waals surface area contributed by atoms with Crippen LogP contribution in [0.15, 0.2) is 54.6 Å². The lowest BCUT2D eigenvalue weighted by atomic mass is 9.89. The Balaban J connectivity index is 1.60. The molecule has 4 rings (SSSR count). The second-order valence-corrected chi connectivity index (χ2v) is 8.40. The van der Waals surface area contributed by atoms with E-state index in [1.54, 1.807) is 4.90 Å². The average Bonchev–Trinajstić information content (AvgIpc) is 3.59. The Hall–Kier alpha value is -2.66. The third-order valence-corrected chi connectivity index (χ3v) is 5.85. The van der Waals surface area contributed by atoms with Crippen LogP contribution in [-0.4, -0.2) is 48.1 Å². The van der Waals surface area contributed by atoms with E-state index in [-0.39, 0.29) is 17.9 Å². The van der Waals surface area contributed by atoms with E-state index < -0.39 is 5.60 Å². The summed E-state index contributed by atoms with van der Waals surface area (Å²) in [5.41, 5.74) is 2.24. The first-order valence-corrected chi connectivity index (χ1v) is 11.0. The molecular formula is C25H30N2O3. The molecule has 158 valence electrons. The van der Waals surface area contributed by atoms with E-state index in [4.69, 9.17) is 4.74 Å². The number of hydrogen-bond acceptors (Lipinski definition) is 3. The van der Waals surface area contributed by atoms with Crippen LogP contribution in [0, 0.1) is 0 Å². The van der Waals surface area contributed by atoms with Gasteiger partial charge in [-0.2, -0.15) is 0 Å². The van der Waals surface area contributed by atoms with Crippen molar-refractivity contribution >= 4 is 11.8 Å². The number of carbonyl (C=O) groups is 2. The van der Waals surface area contributed by atoms with Crippen LogP contribution in [0.2, 0.25) is 0 Å². The molecule has 1 aliphatic heterocycles. The summed E-state index contributed by atoms with van der Waals surface area (Å²) in [6.07, 6.45) is 3.79. The normalized spacial score (nSPS) is 21.3. The minimum absolute atomic E-state index is 0.0934. The van der Waals surface area contributed by atoms with E-state index in [0.29, 0.717) is 32.5 Å². The quantitative estimate of drug-likeness (QED) is 0.765. The minimum atomic E-state index is -1.04. The van der Waals surface area contributed by atoms with Crippen molar-refractivity contribution in [3.05, 3.63) is 60.2 Å². The van der Waals surface area contributed by atoms with Gasteiger partial charge in [0.2, 0.25) is 5.91 Å². The molecule has 2 aromatic carbocycles. The zero-order valence-electron chi connectivity index (χ0n) is 17.6. The van der Waals surface area contributed by atoms with Crippen molar-refractivity contribution in [3.63, 3.8) is 0 Å². The molecule has 1 atom stereocenters. The topological polar surface area (TPSA) is 58.6 Å². The lowest BCUT2D eigenvalue weighted by Gasteiger charge is -2.42. The van der Waals surface area contributed by atoms with E-state index >= 15 is 0 Å². The molecule has 1 heterocycles. The highest BCUT2D eigenvalue weighted by Crippen LogP contribution is 2.29. The number of morpholine rings is 1. The van der Waals surface area contributed by atoms with Gasteiger partial charge in [0, 0.05) is 25.4 Å². The van der Waals surface area contributed by atoms with Gasteiger partial charge in [0.15, 0.2) is 5.60 Å². The second kappa shape index (κ2) is 9.00. The fourth-order valence-electron chi connectivity index (χ4n) is 4.06. The third kappa shape index (κ3) is 4.73. The first-order chi connectivity index (χ1) is 14.6. The largest absolute Gasteiger partial charge is 0.361 e. The van der Waals surface area contributed by atoms with Crippen LogP contribution in [0.5, 0.6) is 0 Å². The van der Waals surface area contributed by atoms with Crippen molar-refractivity contribution in [2.45, 2.75) is 50.7 Å². The Morgan fingerprint density at radius 2 is 1.87 bits per heavy atom. The highest BCUT2D eigenvalue weighted by molar-refractivity contribution is 5.88. The van der Waals surface area contributed by atoms with Crippen LogP contribution < -0.4 is 5.32 Å². The highest BCUT2D eigenvalue weighted by Gasteiger charge is 2.46. The summed E-state index contributed by atoms with van der Waals surface area (Å²) in [5.74, 6) is 0.00606. The van der Waals surface area contributed by atoms with Crippen LogP contribution in [0.25, 0.3) is 11.1 Å². The molecule has 2 fully saturated rings. The molecule has 5 heteroatoms. The molecule has 2 amide bonds. The molecule has 1 aliphatic carbocycles. The van der Waals surface area contributed by atoms with Gasteiger partial charge in [0.1, 0.15) is 0 Å². The van der Waals surface area contributed by atoms with Crippen LogP contribution in [-0.2, 0) is 20.7 Å². The maximum absolute atomic E-state index is 13.3. The van der Waals surface area contributed by atoms with Crippen molar-refractivity contribution in [3.8, 4) is 11.1 Å². The zero-order valence-corrected chi connectivity index (χ0v) is 17.6. The monoisotopic (exact) mass is 406 g/mol. The SMILES string of the molecule is CCCC(=O)N1CCO[C@@](Cc2cccc(-c3ccccc3)c2)(C(=O)NC2CC2)C1. The number of hydrogen-bond donors (Lipinski definition) is 1. The summed E-state index contributed by atoms with van der Waals surface area (Å²) in [7, 11) is 0. The number of rotatable bonds is 7. The molecule has 0 spiro atoms. The Morgan fingerprint density at radius 1 is 1.10 bits per heavy atom. The van der Waals surface area contributed by atoms with E-state index in [9.17, 15) is 9.59 Å². The first-order valence-electron chi connectivity index (χ1n) is 11.0. The molecule has 0 bridgehead atoms. The Morgan fingerprint density at radius 3 is 2.60 bits per heavy atom. The number of nitrogens with one attached hydrogen (secondary N) is 1. The molecule has 2 aliphatic rings. The zero-order chi connectivity index (χ0) is 21.0. The van der Waals surface area contributed by atoms with E-state index in [1.807, 2.05) is 37.3 Å². The van der Waals surface area contributed by atoms with Crippen LogP contribution in [0.3, 0.4) is 0 Å². The number of carbonyl (C=O) groups excluding carboxylic acids is 2. The third-order valence-electron chi connectivity index (χ3n) is 5.85. The number of benzene rings is 2. The molecule has 30 heavy (non-hydrogen) atoms. The van der Waals surface area contributed by atoms with E-state index in [0.717, 1.165) is 36.0 Å². The van der Waals surface area contributed by atoms with Crippen molar-refractivity contribution in [1.82, 2.24) is 10.2 Å². The molecule has 5 nitrogen and oxygen atoms in total.